The molecule has 0 fully saturated rings. The third-order valence-corrected chi connectivity index (χ3v) is 3.02. The molecule has 2 N–H and O–H groups in total. The minimum Gasteiger partial charge on any atom is -0.356 e. The zero-order valence-electron chi connectivity index (χ0n) is 13.5. The molecule has 0 bridgehead atoms. The molecule has 0 aliphatic heterocycles. The van der Waals surface area contributed by atoms with Crippen LogP contribution in [0, 0.1) is 11.8 Å². The van der Waals surface area contributed by atoms with Crippen LogP contribution in [0.25, 0.3) is 0 Å². The lowest BCUT2D eigenvalue weighted by molar-refractivity contribution is 0.503. The summed E-state index contributed by atoms with van der Waals surface area (Å²) in [7, 11) is 1.80. The SMILES string of the molecule is CN=C(NCCC(C)C)NCc1nccn1CC(C)C. The molecule has 0 aliphatic rings. The van der Waals surface area contributed by atoms with Crippen molar-refractivity contribution in [1.82, 2.24) is 20.2 Å². The summed E-state index contributed by atoms with van der Waals surface area (Å²) >= 11 is 0. The molecule has 0 atom stereocenters. The molecule has 1 aromatic rings. The fourth-order valence-electron chi connectivity index (χ4n) is 1.93. The fraction of sp³-hybridized carbons (Fsp3) is 0.733. The first-order valence-electron chi connectivity index (χ1n) is 7.47. The van der Waals surface area contributed by atoms with Gasteiger partial charge in [0.05, 0.1) is 6.54 Å². The van der Waals surface area contributed by atoms with Gasteiger partial charge < -0.3 is 15.2 Å². The van der Waals surface area contributed by atoms with Crippen molar-refractivity contribution in [3.8, 4) is 0 Å². The van der Waals surface area contributed by atoms with Gasteiger partial charge >= 0.3 is 0 Å². The molecule has 114 valence electrons. The maximum atomic E-state index is 4.40. The molecule has 0 radical (unpaired) electrons. The molecule has 1 heterocycles. The molecule has 0 saturated heterocycles. The van der Waals surface area contributed by atoms with Crippen molar-refractivity contribution in [2.24, 2.45) is 16.8 Å². The van der Waals surface area contributed by atoms with E-state index >= 15 is 0 Å². The Kier molecular flexibility index (Phi) is 7.12. The third kappa shape index (κ3) is 6.08. The maximum Gasteiger partial charge on any atom is 0.191 e. The number of nitrogens with one attached hydrogen (secondary N) is 2. The number of rotatable bonds is 7. The van der Waals surface area contributed by atoms with Crippen LogP contribution in [-0.4, -0.2) is 29.1 Å². The van der Waals surface area contributed by atoms with E-state index in [1.165, 1.54) is 0 Å². The summed E-state index contributed by atoms with van der Waals surface area (Å²) in [6, 6.07) is 0. The Morgan fingerprint density at radius 2 is 2.00 bits per heavy atom. The van der Waals surface area contributed by atoms with Crippen LogP contribution in [0.15, 0.2) is 17.4 Å². The van der Waals surface area contributed by atoms with Crippen molar-refractivity contribution >= 4 is 5.96 Å². The molecule has 1 rings (SSSR count). The van der Waals surface area contributed by atoms with Crippen LogP contribution >= 0.6 is 0 Å². The quantitative estimate of drug-likeness (QED) is 0.594. The lowest BCUT2D eigenvalue weighted by atomic mass is 10.1. The molecule has 5 heteroatoms. The molecule has 0 unspecified atom stereocenters. The predicted molar refractivity (Wildman–Crippen MR) is 84.7 cm³/mol. The van der Waals surface area contributed by atoms with Gasteiger partial charge in [0.25, 0.3) is 0 Å². The highest BCUT2D eigenvalue weighted by Gasteiger charge is 2.05. The van der Waals surface area contributed by atoms with Gasteiger partial charge in [-0.3, -0.25) is 4.99 Å². The van der Waals surface area contributed by atoms with Crippen LogP contribution in [0.3, 0.4) is 0 Å². The second-order valence-corrected chi connectivity index (χ2v) is 5.92. The number of aliphatic imine (C=N–C) groups is 1. The number of hydrogen-bond donors (Lipinski definition) is 2. The molecule has 0 aromatic carbocycles. The smallest absolute Gasteiger partial charge is 0.191 e. The lowest BCUT2D eigenvalue weighted by Crippen LogP contribution is -2.38. The van der Waals surface area contributed by atoms with Crippen molar-refractivity contribution in [3.63, 3.8) is 0 Å². The van der Waals surface area contributed by atoms with Crippen molar-refractivity contribution < 1.29 is 0 Å². The van der Waals surface area contributed by atoms with E-state index in [4.69, 9.17) is 0 Å². The summed E-state index contributed by atoms with van der Waals surface area (Å²) in [4.78, 5) is 8.63. The molecule has 1 aromatic heterocycles. The molecule has 5 nitrogen and oxygen atoms in total. The third-order valence-electron chi connectivity index (χ3n) is 3.02. The zero-order valence-corrected chi connectivity index (χ0v) is 13.5. The molecule has 0 aliphatic carbocycles. The van der Waals surface area contributed by atoms with Gasteiger partial charge in [-0.1, -0.05) is 27.7 Å². The van der Waals surface area contributed by atoms with E-state index in [1.54, 1.807) is 7.05 Å². The van der Waals surface area contributed by atoms with E-state index in [2.05, 4.69) is 52.9 Å². The molecule has 0 saturated carbocycles. The molecular formula is C15H29N5. The van der Waals surface area contributed by atoms with E-state index < -0.39 is 0 Å². The first-order chi connectivity index (χ1) is 9.52. The van der Waals surface area contributed by atoms with Crippen molar-refractivity contribution in [2.75, 3.05) is 13.6 Å². The number of guanidine groups is 1. The molecule has 20 heavy (non-hydrogen) atoms. The van der Waals surface area contributed by atoms with Gasteiger partial charge in [0.1, 0.15) is 5.82 Å². The topological polar surface area (TPSA) is 54.2 Å². The number of aromatic nitrogens is 2. The number of hydrogen-bond acceptors (Lipinski definition) is 2. The summed E-state index contributed by atoms with van der Waals surface area (Å²) in [5.74, 6) is 3.20. The van der Waals surface area contributed by atoms with Gasteiger partial charge in [-0.25, -0.2) is 4.98 Å². The van der Waals surface area contributed by atoms with Crippen molar-refractivity contribution in [2.45, 2.75) is 47.2 Å². The summed E-state index contributed by atoms with van der Waals surface area (Å²) in [6.07, 6.45) is 5.03. The largest absolute Gasteiger partial charge is 0.356 e. The van der Waals surface area contributed by atoms with Gasteiger partial charge in [0.2, 0.25) is 0 Å². The highest BCUT2D eigenvalue weighted by atomic mass is 15.2. The normalized spacial score (nSPS) is 12.2. The highest BCUT2D eigenvalue weighted by molar-refractivity contribution is 5.79. The Hall–Kier alpha value is -1.52. The summed E-state index contributed by atoms with van der Waals surface area (Å²) in [5.41, 5.74) is 0. The molecular weight excluding hydrogens is 250 g/mol. The van der Waals surface area contributed by atoms with E-state index in [1.807, 2.05) is 12.4 Å². The van der Waals surface area contributed by atoms with Crippen molar-refractivity contribution in [3.05, 3.63) is 18.2 Å². The first kappa shape index (κ1) is 16.5. The van der Waals surface area contributed by atoms with Crippen molar-refractivity contribution in [1.29, 1.82) is 0 Å². The number of nitrogens with zero attached hydrogens (tertiary/aromatic N) is 3. The van der Waals surface area contributed by atoms with Crippen LogP contribution in [0.2, 0.25) is 0 Å². The van der Waals surface area contributed by atoms with Gasteiger partial charge in [-0.05, 0) is 18.3 Å². The minimum absolute atomic E-state index is 0.617. The average molecular weight is 279 g/mol. The Bertz CT molecular complexity index is 406. The zero-order chi connectivity index (χ0) is 15.0. The predicted octanol–water partition coefficient (Wildman–Crippen LogP) is 2.25. The minimum atomic E-state index is 0.617. The summed E-state index contributed by atoms with van der Waals surface area (Å²) in [6.45, 7) is 11.5. The molecule has 0 spiro atoms. The Balaban J connectivity index is 2.42. The highest BCUT2D eigenvalue weighted by Crippen LogP contribution is 2.03. The standard InChI is InChI=1S/C15H29N5/c1-12(2)6-7-18-15(16-5)19-10-14-17-8-9-20(14)11-13(3)4/h8-9,12-13H,6-7,10-11H2,1-5H3,(H2,16,18,19). The van der Waals surface area contributed by atoms with Crippen LogP contribution in [-0.2, 0) is 13.1 Å². The summed E-state index contributed by atoms with van der Waals surface area (Å²) in [5, 5.41) is 6.64. The van der Waals surface area contributed by atoms with Gasteiger partial charge in [0, 0.05) is 32.5 Å². The van der Waals surface area contributed by atoms with Gasteiger partial charge in [-0.15, -0.1) is 0 Å². The second kappa shape index (κ2) is 8.61. The van der Waals surface area contributed by atoms with Gasteiger partial charge in [0.15, 0.2) is 5.96 Å². The maximum absolute atomic E-state index is 4.40. The van der Waals surface area contributed by atoms with E-state index in [-0.39, 0.29) is 0 Å². The van der Waals surface area contributed by atoms with Crippen LogP contribution < -0.4 is 10.6 Å². The summed E-state index contributed by atoms with van der Waals surface area (Å²) < 4.78 is 2.19. The lowest BCUT2D eigenvalue weighted by Gasteiger charge is -2.14. The second-order valence-electron chi connectivity index (χ2n) is 5.92. The Labute approximate surface area is 122 Å². The average Bonchev–Trinajstić information content (AvgIpc) is 2.79. The van der Waals surface area contributed by atoms with Crippen LogP contribution in [0.1, 0.15) is 39.9 Å². The van der Waals surface area contributed by atoms with Crippen LogP contribution in [0.5, 0.6) is 0 Å². The fourth-order valence-corrected chi connectivity index (χ4v) is 1.93. The van der Waals surface area contributed by atoms with Crippen LogP contribution in [0.4, 0.5) is 0 Å². The van der Waals surface area contributed by atoms with E-state index in [9.17, 15) is 0 Å². The Morgan fingerprint density at radius 1 is 1.25 bits per heavy atom. The Morgan fingerprint density at radius 3 is 2.60 bits per heavy atom. The van der Waals surface area contributed by atoms with Gasteiger partial charge in [-0.2, -0.15) is 0 Å². The molecule has 0 amide bonds. The van der Waals surface area contributed by atoms with E-state index in [0.29, 0.717) is 18.4 Å². The first-order valence-corrected chi connectivity index (χ1v) is 7.47. The van der Waals surface area contributed by atoms with E-state index in [0.717, 1.165) is 31.3 Å². The monoisotopic (exact) mass is 279 g/mol. The number of imidazole rings is 1.